The molecule has 4 heteroatoms. The van der Waals surface area contributed by atoms with Crippen LogP contribution in [0.1, 0.15) is 11.1 Å². The smallest absolute Gasteiger partial charge is 0.232 e. The molecule has 0 spiro atoms. The van der Waals surface area contributed by atoms with Crippen LogP contribution in [-0.2, 0) is 22.4 Å². The molecule has 2 aromatic rings. The Bertz CT molecular complexity index is 568. The van der Waals surface area contributed by atoms with Crippen LogP contribution in [0.2, 0.25) is 0 Å². The van der Waals surface area contributed by atoms with E-state index in [0.29, 0.717) is 0 Å². The minimum Gasteiger partial charge on any atom is -0.369 e. The lowest BCUT2D eigenvalue weighted by molar-refractivity contribution is -0.135. The standard InChI is InChI=1S/C17H17NO2S/c18-15(19)17(16(20)21,11-13-7-3-1-4-8-13)12-14-9-5-2-6-10-14/h1-10H,11-12H2,(H2,18,19)(H,20,21). The van der Waals surface area contributed by atoms with Crippen LogP contribution in [0.4, 0.5) is 0 Å². The van der Waals surface area contributed by atoms with Crippen molar-refractivity contribution < 1.29 is 9.59 Å². The average molecular weight is 299 g/mol. The predicted octanol–water partition coefficient (Wildman–Crippen LogP) is 2.40. The van der Waals surface area contributed by atoms with Crippen molar-refractivity contribution in [3.8, 4) is 0 Å². The van der Waals surface area contributed by atoms with Crippen molar-refractivity contribution in [1.29, 1.82) is 0 Å². The van der Waals surface area contributed by atoms with Gasteiger partial charge in [0.25, 0.3) is 0 Å². The Balaban J connectivity index is 2.38. The van der Waals surface area contributed by atoms with Crippen molar-refractivity contribution in [2.45, 2.75) is 12.8 Å². The summed E-state index contributed by atoms with van der Waals surface area (Å²) in [4.78, 5) is 24.1. The third-order valence-corrected chi connectivity index (χ3v) is 4.01. The van der Waals surface area contributed by atoms with Crippen LogP contribution in [0.5, 0.6) is 0 Å². The van der Waals surface area contributed by atoms with Crippen molar-refractivity contribution in [2.24, 2.45) is 11.1 Å². The molecular formula is C17H17NO2S. The van der Waals surface area contributed by atoms with Crippen LogP contribution >= 0.6 is 12.6 Å². The van der Waals surface area contributed by atoms with E-state index in [-0.39, 0.29) is 12.8 Å². The first-order chi connectivity index (χ1) is 10.0. The summed E-state index contributed by atoms with van der Waals surface area (Å²) in [7, 11) is 0. The Labute approximate surface area is 129 Å². The molecule has 3 nitrogen and oxygen atoms in total. The van der Waals surface area contributed by atoms with Gasteiger partial charge in [0.1, 0.15) is 5.41 Å². The first kappa shape index (κ1) is 15.3. The first-order valence-electron chi connectivity index (χ1n) is 6.66. The van der Waals surface area contributed by atoms with Crippen molar-refractivity contribution in [3.05, 3.63) is 71.8 Å². The van der Waals surface area contributed by atoms with E-state index in [4.69, 9.17) is 5.73 Å². The molecule has 0 aliphatic heterocycles. The lowest BCUT2D eigenvalue weighted by Gasteiger charge is -2.27. The van der Waals surface area contributed by atoms with Gasteiger partial charge in [-0.25, -0.2) is 0 Å². The van der Waals surface area contributed by atoms with Crippen molar-refractivity contribution in [2.75, 3.05) is 0 Å². The Morgan fingerprint density at radius 2 is 1.24 bits per heavy atom. The largest absolute Gasteiger partial charge is 0.369 e. The number of benzene rings is 2. The molecular weight excluding hydrogens is 282 g/mol. The van der Waals surface area contributed by atoms with Gasteiger partial charge in [0.05, 0.1) is 0 Å². The highest BCUT2D eigenvalue weighted by atomic mass is 32.1. The van der Waals surface area contributed by atoms with E-state index in [1.54, 1.807) is 0 Å². The molecule has 0 aliphatic rings. The summed E-state index contributed by atoms with van der Waals surface area (Å²) in [5.74, 6) is -0.643. The molecule has 0 aliphatic carbocycles. The van der Waals surface area contributed by atoms with Gasteiger partial charge < -0.3 is 5.73 Å². The fraction of sp³-hybridized carbons (Fsp3) is 0.176. The Hall–Kier alpha value is -2.07. The third kappa shape index (κ3) is 3.52. The molecule has 0 bridgehead atoms. The summed E-state index contributed by atoms with van der Waals surface area (Å²) in [6, 6.07) is 18.7. The lowest BCUT2D eigenvalue weighted by Crippen LogP contribution is -2.45. The Morgan fingerprint density at radius 1 is 0.857 bits per heavy atom. The monoisotopic (exact) mass is 299 g/mol. The van der Waals surface area contributed by atoms with Crippen molar-refractivity contribution in [3.63, 3.8) is 0 Å². The Kier molecular flexibility index (Phi) is 4.81. The SMILES string of the molecule is NC(=O)C(Cc1ccccc1)(Cc1ccccc1)C(=O)S. The number of amides is 1. The molecule has 0 aromatic heterocycles. The predicted molar refractivity (Wildman–Crippen MR) is 85.9 cm³/mol. The normalized spacial score (nSPS) is 11.1. The quantitative estimate of drug-likeness (QED) is 0.635. The van der Waals surface area contributed by atoms with Crippen LogP contribution in [0.3, 0.4) is 0 Å². The lowest BCUT2D eigenvalue weighted by atomic mass is 9.77. The molecule has 2 rings (SSSR count). The summed E-state index contributed by atoms with van der Waals surface area (Å²) in [6.07, 6.45) is 0.501. The minimum absolute atomic E-state index is 0.250. The number of carbonyl (C=O) groups is 2. The highest BCUT2D eigenvalue weighted by molar-refractivity contribution is 7.96. The molecule has 0 radical (unpaired) electrons. The van der Waals surface area contributed by atoms with E-state index in [9.17, 15) is 9.59 Å². The number of nitrogens with two attached hydrogens (primary N) is 1. The van der Waals surface area contributed by atoms with Gasteiger partial charge in [-0.3, -0.25) is 9.59 Å². The first-order valence-corrected chi connectivity index (χ1v) is 7.10. The molecule has 0 saturated heterocycles. The average Bonchev–Trinajstić information content (AvgIpc) is 2.48. The maximum absolute atomic E-state index is 12.1. The maximum Gasteiger partial charge on any atom is 0.232 e. The molecule has 1 amide bonds. The highest BCUT2D eigenvalue weighted by Crippen LogP contribution is 2.30. The number of hydrogen-bond donors (Lipinski definition) is 2. The zero-order valence-corrected chi connectivity index (χ0v) is 12.4. The summed E-state index contributed by atoms with van der Waals surface area (Å²) in [5.41, 5.74) is 6.00. The molecule has 0 atom stereocenters. The van der Waals surface area contributed by atoms with Crippen LogP contribution < -0.4 is 5.73 Å². The zero-order chi connectivity index (χ0) is 15.3. The van der Waals surface area contributed by atoms with Gasteiger partial charge in [-0.1, -0.05) is 60.7 Å². The van der Waals surface area contributed by atoms with Crippen molar-refractivity contribution in [1.82, 2.24) is 0 Å². The van der Waals surface area contributed by atoms with E-state index < -0.39 is 16.4 Å². The molecule has 0 fully saturated rings. The van der Waals surface area contributed by atoms with Gasteiger partial charge in [0.15, 0.2) is 0 Å². The zero-order valence-electron chi connectivity index (χ0n) is 11.5. The molecule has 0 heterocycles. The summed E-state index contributed by atoms with van der Waals surface area (Å²) >= 11 is 3.94. The number of rotatable bonds is 6. The fourth-order valence-corrected chi connectivity index (χ4v) is 2.65. The molecule has 2 aromatic carbocycles. The van der Waals surface area contributed by atoms with Crippen LogP contribution in [0.15, 0.2) is 60.7 Å². The third-order valence-electron chi connectivity index (χ3n) is 3.58. The molecule has 0 unspecified atom stereocenters. The van der Waals surface area contributed by atoms with E-state index in [1.807, 2.05) is 60.7 Å². The van der Waals surface area contributed by atoms with Crippen molar-refractivity contribution >= 4 is 23.7 Å². The minimum atomic E-state index is -1.33. The summed E-state index contributed by atoms with van der Waals surface area (Å²) in [6.45, 7) is 0. The van der Waals surface area contributed by atoms with E-state index in [0.717, 1.165) is 11.1 Å². The van der Waals surface area contributed by atoms with Crippen LogP contribution in [-0.4, -0.2) is 11.0 Å². The van der Waals surface area contributed by atoms with E-state index in [2.05, 4.69) is 12.6 Å². The van der Waals surface area contributed by atoms with Gasteiger partial charge in [-0.05, 0) is 24.0 Å². The van der Waals surface area contributed by atoms with E-state index in [1.165, 1.54) is 0 Å². The van der Waals surface area contributed by atoms with Crippen LogP contribution in [0.25, 0.3) is 0 Å². The van der Waals surface area contributed by atoms with E-state index >= 15 is 0 Å². The second-order valence-electron chi connectivity index (χ2n) is 5.08. The molecule has 2 N–H and O–H groups in total. The highest BCUT2D eigenvalue weighted by Gasteiger charge is 2.42. The number of primary amides is 1. The second kappa shape index (κ2) is 6.59. The maximum atomic E-state index is 12.1. The fourth-order valence-electron chi connectivity index (χ4n) is 2.38. The van der Waals surface area contributed by atoms with Gasteiger partial charge in [-0.2, -0.15) is 0 Å². The number of carbonyl (C=O) groups excluding carboxylic acids is 2. The topological polar surface area (TPSA) is 60.2 Å². The Morgan fingerprint density at radius 3 is 1.52 bits per heavy atom. The van der Waals surface area contributed by atoms with Gasteiger partial charge >= 0.3 is 0 Å². The molecule has 108 valence electrons. The van der Waals surface area contributed by atoms with Gasteiger partial charge in [-0.15, -0.1) is 12.6 Å². The summed E-state index contributed by atoms with van der Waals surface area (Å²) < 4.78 is 0. The number of hydrogen-bond acceptors (Lipinski definition) is 2. The molecule has 21 heavy (non-hydrogen) atoms. The molecule has 0 saturated carbocycles. The summed E-state index contributed by atoms with van der Waals surface area (Å²) in [5, 5.41) is -0.497. The van der Waals surface area contributed by atoms with Crippen LogP contribution in [0, 0.1) is 5.41 Å². The van der Waals surface area contributed by atoms with Gasteiger partial charge in [0, 0.05) is 0 Å². The van der Waals surface area contributed by atoms with Gasteiger partial charge in [0.2, 0.25) is 11.0 Å². The number of thiol groups is 1. The second-order valence-corrected chi connectivity index (χ2v) is 5.48.